The first-order chi connectivity index (χ1) is 5.87. The molecule has 5 nitrogen and oxygen atoms in total. The van der Waals surface area contributed by atoms with Crippen LogP contribution in [0.2, 0.25) is 0 Å². The van der Waals surface area contributed by atoms with Gasteiger partial charge in [0.2, 0.25) is 5.91 Å². The lowest BCUT2D eigenvalue weighted by Gasteiger charge is -2.17. The average Bonchev–Trinajstić information content (AvgIpc) is 1.95. The summed E-state index contributed by atoms with van der Waals surface area (Å²) in [5.74, 6) is 0.0852. The van der Waals surface area contributed by atoms with E-state index in [1.165, 1.54) is 0 Å². The van der Waals surface area contributed by atoms with E-state index in [9.17, 15) is 4.79 Å². The molecule has 5 N–H and O–H groups in total. The highest BCUT2D eigenvalue weighted by atomic mass is 32.5. The second kappa shape index (κ2) is 5.95. The summed E-state index contributed by atoms with van der Waals surface area (Å²) >= 11 is 5.87. The van der Waals surface area contributed by atoms with Crippen LogP contribution in [0.3, 0.4) is 0 Å². The predicted octanol–water partition coefficient (Wildman–Crippen LogP) is -0.608. The Bertz CT molecular complexity index is 220. The summed E-state index contributed by atoms with van der Waals surface area (Å²) in [6, 6.07) is -0.756. The Balaban J connectivity index is 4.11. The van der Waals surface area contributed by atoms with E-state index in [4.69, 9.17) is 15.5 Å². The van der Waals surface area contributed by atoms with Gasteiger partial charge in [0, 0.05) is 0 Å². The van der Waals surface area contributed by atoms with Crippen molar-refractivity contribution in [3.05, 3.63) is 0 Å². The fourth-order valence-electron chi connectivity index (χ4n) is 0.709. The topological polar surface area (TPSA) is 95.6 Å². The molecular weight excluding hydrogens is 231 g/mol. The van der Waals surface area contributed by atoms with Gasteiger partial charge in [-0.25, -0.2) is 5.09 Å². The number of amides is 1. The first kappa shape index (κ1) is 13.4. The van der Waals surface area contributed by atoms with Crippen LogP contribution in [0.4, 0.5) is 0 Å². The maximum Gasteiger partial charge on any atom is 0.256 e. The van der Waals surface area contributed by atoms with Crippen molar-refractivity contribution < 1.29 is 14.6 Å². The summed E-state index contributed by atoms with van der Waals surface area (Å²) in [5.41, 5.74) is 5.02. The predicted molar refractivity (Wildman–Crippen MR) is 57.8 cm³/mol. The van der Waals surface area contributed by atoms with Gasteiger partial charge in [-0.05, 0) is 30.2 Å². The summed E-state index contributed by atoms with van der Waals surface area (Å²) < 4.78 is 0. The number of carbonyl (C=O) groups is 1. The monoisotopic (exact) mass is 244 g/mol. The minimum absolute atomic E-state index is 0.440. The maximum absolute atomic E-state index is 10.8. The van der Waals surface area contributed by atoms with E-state index in [-0.39, 0.29) is 0 Å². The van der Waals surface area contributed by atoms with Gasteiger partial charge in [0.05, 0.1) is 6.04 Å². The molecule has 1 amide bonds. The van der Waals surface area contributed by atoms with E-state index in [0.717, 1.165) is 0 Å². The second-order valence-corrected chi connectivity index (χ2v) is 6.27. The number of nitrogens with two attached hydrogens (primary N) is 1. The van der Waals surface area contributed by atoms with Gasteiger partial charge in [-0.1, -0.05) is 0 Å². The quantitative estimate of drug-likeness (QED) is 0.466. The number of primary amides is 1. The fraction of sp³-hybridized carbons (Fsp3) is 0.800. The van der Waals surface area contributed by atoms with Crippen molar-refractivity contribution in [3.8, 4) is 0 Å². The van der Waals surface area contributed by atoms with Gasteiger partial charge in [0.15, 0.2) is 0 Å². The minimum atomic E-state index is -3.54. The van der Waals surface area contributed by atoms with Crippen molar-refractivity contribution in [2.75, 3.05) is 12.0 Å². The Hall–Kier alpha value is 0.350. The molecular formula is C5H13N2O3PS2. The summed E-state index contributed by atoms with van der Waals surface area (Å²) in [7, 11) is 0. The molecule has 13 heavy (non-hydrogen) atoms. The molecule has 0 rings (SSSR count). The van der Waals surface area contributed by atoms with Crippen molar-refractivity contribution >= 4 is 36.1 Å². The smallest absolute Gasteiger partial charge is 0.256 e. The molecule has 0 aromatic carbocycles. The number of carbonyl (C=O) groups excluding carboxylic acids is 1. The molecule has 0 aliphatic heterocycles. The molecule has 1 atom stereocenters. The summed E-state index contributed by atoms with van der Waals surface area (Å²) in [6.07, 6.45) is 2.32. The lowest BCUT2D eigenvalue weighted by Crippen LogP contribution is -2.39. The molecule has 0 saturated carbocycles. The van der Waals surface area contributed by atoms with E-state index in [2.05, 4.69) is 16.9 Å². The first-order valence-electron chi connectivity index (χ1n) is 3.48. The Morgan fingerprint density at radius 2 is 2.31 bits per heavy atom. The zero-order chi connectivity index (χ0) is 10.5. The number of nitrogens with one attached hydrogen (secondary N) is 1. The van der Waals surface area contributed by atoms with Crippen LogP contribution in [0.15, 0.2) is 0 Å². The summed E-state index contributed by atoms with van der Waals surface area (Å²) in [4.78, 5) is 28.6. The van der Waals surface area contributed by atoms with Gasteiger partial charge in [-0.3, -0.25) is 4.79 Å². The Labute approximate surface area is 86.3 Å². The van der Waals surface area contributed by atoms with E-state index >= 15 is 0 Å². The third-order valence-corrected chi connectivity index (χ3v) is 2.89. The van der Waals surface area contributed by atoms with Crippen LogP contribution in [0.1, 0.15) is 6.42 Å². The molecule has 0 heterocycles. The Kier molecular flexibility index (Phi) is 6.11. The van der Waals surface area contributed by atoms with Crippen LogP contribution in [0, 0.1) is 0 Å². The molecule has 0 aromatic rings. The standard InChI is InChI=1S/C5H13N2O3PS2/c1-13-3-2-4(5(6)8)7-11(9,10)12/h4H,2-3H2,1H3,(H2,6,8)(H3,7,9,10,12). The molecule has 0 saturated heterocycles. The molecule has 0 bridgehead atoms. The van der Waals surface area contributed by atoms with Gasteiger partial charge in [0.1, 0.15) is 0 Å². The zero-order valence-corrected chi connectivity index (χ0v) is 9.66. The lowest BCUT2D eigenvalue weighted by molar-refractivity contribution is -0.119. The Morgan fingerprint density at radius 3 is 2.62 bits per heavy atom. The van der Waals surface area contributed by atoms with Crippen LogP contribution < -0.4 is 10.8 Å². The van der Waals surface area contributed by atoms with Crippen LogP contribution in [0.25, 0.3) is 0 Å². The van der Waals surface area contributed by atoms with Crippen LogP contribution in [-0.2, 0) is 16.6 Å². The van der Waals surface area contributed by atoms with Crippen molar-refractivity contribution in [2.24, 2.45) is 5.73 Å². The molecule has 8 heteroatoms. The van der Waals surface area contributed by atoms with Gasteiger partial charge in [0.25, 0.3) is 6.64 Å². The van der Waals surface area contributed by atoms with Gasteiger partial charge >= 0.3 is 0 Å². The normalized spacial score (nSPS) is 14.1. The van der Waals surface area contributed by atoms with E-state index < -0.39 is 18.6 Å². The molecule has 0 aliphatic rings. The molecule has 0 aliphatic carbocycles. The largest absolute Gasteiger partial charge is 0.368 e. The van der Waals surface area contributed by atoms with Crippen LogP contribution in [0.5, 0.6) is 0 Å². The van der Waals surface area contributed by atoms with E-state index in [0.29, 0.717) is 12.2 Å². The first-order valence-corrected chi connectivity index (χ1v) is 7.58. The highest BCUT2D eigenvalue weighted by molar-refractivity contribution is 8.08. The molecule has 78 valence electrons. The summed E-state index contributed by atoms with van der Waals surface area (Å²) in [6.45, 7) is -3.54. The minimum Gasteiger partial charge on any atom is -0.368 e. The number of rotatable bonds is 6. The fourth-order valence-corrected chi connectivity index (χ4v) is 2.22. The highest BCUT2D eigenvalue weighted by Gasteiger charge is 2.20. The Morgan fingerprint density at radius 1 is 1.77 bits per heavy atom. The zero-order valence-electron chi connectivity index (χ0n) is 7.14. The highest BCUT2D eigenvalue weighted by Crippen LogP contribution is 2.30. The van der Waals surface area contributed by atoms with Crippen LogP contribution >= 0.6 is 18.4 Å². The third-order valence-electron chi connectivity index (χ3n) is 1.28. The molecule has 0 spiro atoms. The number of thioether (sulfide) groups is 1. The SMILES string of the molecule is CSCCC(NP(O)(O)=S)C(N)=O. The van der Waals surface area contributed by atoms with Crippen LogP contribution in [-0.4, -0.2) is 33.7 Å². The van der Waals surface area contributed by atoms with Crippen molar-refractivity contribution in [3.63, 3.8) is 0 Å². The van der Waals surface area contributed by atoms with Crippen molar-refractivity contribution in [1.82, 2.24) is 5.09 Å². The number of hydrogen-bond donors (Lipinski definition) is 4. The van der Waals surface area contributed by atoms with E-state index in [1.807, 2.05) is 6.26 Å². The maximum atomic E-state index is 10.8. The third kappa shape index (κ3) is 7.42. The second-order valence-electron chi connectivity index (χ2n) is 2.41. The molecule has 0 radical (unpaired) electrons. The molecule has 1 unspecified atom stereocenters. The van der Waals surface area contributed by atoms with Crippen molar-refractivity contribution in [2.45, 2.75) is 12.5 Å². The van der Waals surface area contributed by atoms with E-state index in [1.54, 1.807) is 11.8 Å². The molecule has 0 aromatic heterocycles. The van der Waals surface area contributed by atoms with Gasteiger partial charge in [-0.2, -0.15) is 11.8 Å². The summed E-state index contributed by atoms with van der Waals surface area (Å²) in [5, 5.41) is 2.24. The van der Waals surface area contributed by atoms with Crippen molar-refractivity contribution in [1.29, 1.82) is 0 Å². The number of hydrogen-bond acceptors (Lipinski definition) is 3. The molecule has 0 fully saturated rings. The lowest BCUT2D eigenvalue weighted by atomic mass is 10.2. The average molecular weight is 244 g/mol. The van der Waals surface area contributed by atoms with Gasteiger partial charge in [-0.15, -0.1) is 0 Å². The van der Waals surface area contributed by atoms with Gasteiger partial charge < -0.3 is 15.5 Å².